The molecule has 3 rings (SSSR count). The normalized spacial score (nSPS) is 17.2. The Bertz CT molecular complexity index is 551. The molecule has 1 aromatic carbocycles. The van der Waals surface area contributed by atoms with Crippen molar-refractivity contribution in [3.05, 3.63) is 59.9 Å². The van der Waals surface area contributed by atoms with Crippen LogP contribution in [0.5, 0.6) is 0 Å². The third-order valence-corrected chi connectivity index (χ3v) is 3.94. The van der Waals surface area contributed by atoms with Gasteiger partial charge in [0.25, 0.3) is 0 Å². The molecule has 1 aliphatic rings. The van der Waals surface area contributed by atoms with Crippen LogP contribution in [0.15, 0.2) is 42.9 Å². The minimum atomic E-state index is -0.108. The van der Waals surface area contributed by atoms with E-state index >= 15 is 0 Å². The van der Waals surface area contributed by atoms with E-state index in [1.165, 1.54) is 6.07 Å². The van der Waals surface area contributed by atoms with E-state index < -0.39 is 0 Å². The second kappa shape index (κ2) is 6.09. The van der Waals surface area contributed by atoms with Crippen LogP contribution < -0.4 is 0 Å². The first-order valence-corrected chi connectivity index (χ1v) is 7.04. The Morgan fingerprint density at radius 1 is 1.15 bits per heavy atom. The first-order valence-electron chi connectivity index (χ1n) is 7.04. The molecule has 0 N–H and O–H groups in total. The summed E-state index contributed by atoms with van der Waals surface area (Å²) < 4.78 is 13.6. The molecule has 0 saturated carbocycles. The van der Waals surface area contributed by atoms with Crippen molar-refractivity contribution < 1.29 is 4.39 Å². The summed E-state index contributed by atoms with van der Waals surface area (Å²) in [6, 6.07) is 7.02. The molecule has 0 radical (unpaired) electrons. The summed E-state index contributed by atoms with van der Waals surface area (Å²) in [5.74, 6) is 0.379. The highest BCUT2D eigenvalue weighted by atomic mass is 19.1. The molecular weight excluding hydrogens is 253 g/mol. The minimum Gasteiger partial charge on any atom is -0.299 e. The van der Waals surface area contributed by atoms with Gasteiger partial charge in [0.15, 0.2) is 0 Å². The average molecular weight is 271 g/mol. The summed E-state index contributed by atoms with van der Waals surface area (Å²) in [6.07, 6.45) is 7.44. The lowest BCUT2D eigenvalue weighted by atomic mass is 9.93. The van der Waals surface area contributed by atoms with Crippen molar-refractivity contribution in [3.63, 3.8) is 0 Å². The Kier molecular flexibility index (Phi) is 4.02. The molecule has 1 aromatic heterocycles. The molecule has 104 valence electrons. The number of aromatic nitrogens is 2. The second-order valence-electron chi connectivity index (χ2n) is 5.27. The lowest BCUT2D eigenvalue weighted by Gasteiger charge is -2.31. The number of rotatable bonds is 3. The van der Waals surface area contributed by atoms with E-state index in [0.717, 1.165) is 37.2 Å². The van der Waals surface area contributed by atoms with E-state index in [0.29, 0.717) is 12.5 Å². The maximum atomic E-state index is 13.6. The number of halogens is 1. The molecule has 4 heteroatoms. The van der Waals surface area contributed by atoms with Crippen molar-refractivity contribution >= 4 is 0 Å². The predicted molar refractivity (Wildman–Crippen MR) is 75.7 cm³/mol. The molecular formula is C16H18FN3. The molecule has 1 saturated heterocycles. The molecule has 3 nitrogen and oxygen atoms in total. The number of hydrogen-bond acceptors (Lipinski definition) is 3. The fourth-order valence-corrected chi connectivity index (χ4v) is 2.78. The van der Waals surface area contributed by atoms with Crippen LogP contribution in [0.3, 0.4) is 0 Å². The van der Waals surface area contributed by atoms with Crippen molar-refractivity contribution in [1.82, 2.24) is 14.9 Å². The molecule has 0 unspecified atom stereocenters. The van der Waals surface area contributed by atoms with Crippen molar-refractivity contribution in [2.45, 2.75) is 25.3 Å². The van der Waals surface area contributed by atoms with Crippen LogP contribution in [-0.4, -0.2) is 28.0 Å². The van der Waals surface area contributed by atoms with Gasteiger partial charge in [-0.3, -0.25) is 14.9 Å². The van der Waals surface area contributed by atoms with Crippen molar-refractivity contribution in [1.29, 1.82) is 0 Å². The van der Waals surface area contributed by atoms with Gasteiger partial charge in [-0.2, -0.15) is 0 Å². The van der Waals surface area contributed by atoms with Gasteiger partial charge in [-0.15, -0.1) is 0 Å². The van der Waals surface area contributed by atoms with Crippen LogP contribution in [0.4, 0.5) is 4.39 Å². The third-order valence-electron chi connectivity index (χ3n) is 3.94. The first-order chi connectivity index (χ1) is 9.83. The number of nitrogens with zero attached hydrogens (tertiary/aromatic N) is 3. The molecule has 0 atom stereocenters. The molecule has 1 aliphatic heterocycles. The van der Waals surface area contributed by atoms with Crippen LogP contribution >= 0.6 is 0 Å². The largest absolute Gasteiger partial charge is 0.299 e. The van der Waals surface area contributed by atoms with Crippen molar-refractivity contribution in [3.8, 4) is 0 Å². The molecule has 0 aliphatic carbocycles. The van der Waals surface area contributed by atoms with Crippen molar-refractivity contribution in [2.24, 2.45) is 0 Å². The fraction of sp³-hybridized carbons (Fsp3) is 0.375. The van der Waals surface area contributed by atoms with Crippen LogP contribution in [0.1, 0.15) is 30.0 Å². The SMILES string of the molecule is Fc1ccccc1CN1CCC(c2cnccn2)CC1. The lowest BCUT2D eigenvalue weighted by Crippen LogP contribution is -2.33. The van der Waals surface area contributed by atoms with E-state index in [-0.39, 0.29) is 5.82 Å². The first kappa shape index (κ1) is 13.2. The Labute approximate surface area is 118 Å². The molecule has 0 amide bonds. The second-order valence-corrected chi connectivity index (χ2v) is 5.27. The summed E-state index contributed by atoms with van der Waals surface area (Å²) in [5.41, 5.74) is 1.86. The highest BCUT2D eigenvalue weighted by molar-refractivity contribution is 5.17. The summed E-state index contributed by atoms with van der Waals surface area (Å²) in [7, 11) is 0. The van der Waals surface area contributed by atoms with E-state index in [4.69, 9.17) is 0 Å². The van der Waals surface area contributed by atoms with Gasteiger partial charge in [0, 0.05) is 36.6 Å². The Morgan fingerprint density at radius 3 is 2.65 bits per heavy atom. The number of benzene rings is 1. The number of piperidine rings is 1. The van der Waals surface area contributed by atoms with E-state index in [2.05, 4.69) is 14.9 Å². The van der Waals surface area contributed by atoms with Gasteiger partial charge in [-0.25, -0.2) is 4.39 Å². The Morgan fingerprint density at radius 2 is 1.95 bits per heavy atom. The van der Waals surface area contributed by atoms with Gasteiger partial charge in [0.05, 0.1) is 5.69 Å². The third kappa shape index (κ3) is 3.02. The summed E-state index contributed by atoms with van der Waals surface area (Å²) in [4.78, 5) is 10.8. The van der Waals surface area contributed by atoms with Crippen LogP contribution in [0.2, 0.25) is 0 Å². The van der Waals surface area contributed by atoms with E-state index in [1.54, 1.807) is 18.5 Å². The Hall–Kier alpha value is -1.81. The van der Waals surface area contributed by atoms with Crippen LogP contribution in [0.25, 0.3) is 0 Å². The van der Waals surface area contributed by atoms with Gasteiger partial charge < -0.3 is 0 Å². The number of hydrogen-bond donors (Lipinski definition) is 0. The Balaban J connectivity index is 1.58. The highest BCUT2D eigenvalue weighted by Crippen LogP contribution is 2.26. The van der Waals surface area contributed by atoms with Gasteiger partial charge in [0.2, 0.25) is 0 Å². The maximum Gasteiger partial charge on any atom is 0.127 e. The minimum absolute atomic E-state index is 0.108. The van der Waals surface area contributed by atoms with E-state index in [1.807, 2.05) is 18.3 Å². The standard InChI is InChI=1S/C16H18FN3/c17-15-4-2-1-3-14(15)12-20-9-5-13(6-10-20)16-11-18-7-8-19-16/h1-4,7-8,11,13H,5-6,9-10,12H2. The van der Waals surface area contributed by atoms with Gasteiger partial charge in [0.1, 0.15) is 5.82 Å². The molecule has 1 fully saturated rings. The van der Waals surface area contributed by atoms with Crippen LogP contribution in [0, 0.1) is 5.82 Å². The maximum absolute atomic E-state index is 13.6. The molecule has 2 heterocycles. The van der Waals surface area contributed by atoms with Crippen LogP contribution in [-0.2, 0) is 6.54 Å². The highest BCUT2D eigenvalue weighted by Gasteiger charge is 2.22. The molecule has 0 spiro atoms. The summed E-state index contributed by atoms with van der Waals surface area (Å²) in [6.45, 7) is 2.66. The quantitative estimate of drug-likeness (QED) is 0.859. The molecule has 0 bridgehead atoms. The lowest BCUT2D eigenvalue weighted by molar-refractivity contribution is 0.201. The monoisotopic (exact) mass is 271 g/mol. The predicted octanol–water partition coefficient (Wildman–Crippen LogP) is 3.00. The zero-order valence-corrected chi connectivity index (χ0v) is 11.4. The van der Waals surface area contributed by atoms with Crippen molar-refractivity contribution in [2.75, 3.05) is 13.1 Å². The average Bonchev–Trinajstić information content (AvgIpc) is 2.51. The smallest absolute Gasteiger partial charge is 0.127 e. The zero-order valence-electron chi connectivity index (χ0n) is 11.4. The topological polar surface area (TPSA) is 29.0 Å². The van der Waals surface area contributed by atoms with Gasteiger partial charge in [-0.1, -0.05) is 18.2 Å². The van der Waals surface area contributed by atoms with E-state index in [9.17, 15) is 4.39 Å². The zero-order chi connectivity index (χ0) is 13.8. The number of likely N-dealkylation sites (tertiary alicyclic amines) is 1. The summed E-state index contributed by atoms with van der Waals surface area (Å²) >= 11 is 0. The van der Waals surface area contributed by atoms with Gasteiger partial charge >= 0.3 is 0 Å². The fourth-order valence-electron chi connectivity index (χ4n) is 2.78. The molecule has 20 heavy (non-hydrogen) atoms. The molecule has 2 aromatic rings. The van der Waals surface area contributed by atoms with Gasteiger partial charge in [-0.05, 0) is 32.0 Å². The summed E-state index contributed by atoms with van der Waals surface area (Å²) in [5, 5.41) is 0.